The van der Waals surface area contributed by atoms with Crippen LogP contribution in [0.4, 0.5) is 0 Å². The smallest absolute Gasteiger partial charge is 0.0183 e. The molecule has 3 heteroatoms. The maximum Gasteiger partial charge on any atom is 0.0183 e. The normalized spacial score (nSPS) is 29.8. The van der Waals surface area contributed by atoms with Crippen molar-refractivity contribution in [3.63, 3.8) is 0 Å². The second-order valence-electron chi connectivity index (χ2n) is 4.41. The van der Waals surface area contributed by atoms with E-state index in [9.17, 15) is 0 Å². The van der Waals surface area contributed by atoms with Gasteiger partial charge in [-0.2, -0.15) is 11.8 Å². The SMILES string of the molecule is CCC(CSC)N(C)C1CCC(N)C1. The minimum absolute atomic E-state index is 0.453. The lowest BCUT2D eigenvalue weighted by Crippen LogP contribution is -2.40. The van der Waals surface area contributed by atoms with Crippen molar-refractivity contribution in [2.24, 2.45) is 5.73 Å². The van der Waals surface area contributed by atoms with Crippen molar-refractivity contribution in [1.29, 1.82) is 0 Å². The quantitative estimate of drug-likeness (QED) is 0.761. The molecule has 1 aliphatic rings. The number of hydrogen-bond acceptors (Lipinski definition) is 3. The summed E-state index contributed by atoms with van der Waals surface area (Å²) in [6, 6.07) is 1.93. The fourth-order valence-electron chi connectivity index (χ4n) is 2.38. The zero-order valence-electron chi connectivity index (χ0n) is 9.70. The van der Waals surface area contributed by atoms with E-state index in [1.54, 1.807) is 0 Å². The molecule has 14 heavy (non-hydrogen) atoms. The van der Waals surface area contributed by atoms with Gasteiger partial charge in [0.15, 0.2) is 0 Å². The molecule has 0 aromatic carbocycles. The molecule has 0 aromatic rings. The lowest BCUT2D eigenvalue weighted by Gasteiger charge is -2.32. The number of rotatable bonds is 5. The zero-order chi connectivity index (χ0) is 10.6. The number of thioether (sulfide) groups is 1. The predicted octanol–water partition coefficient (Wildman–Crippen LogP) is 1.94. The maximum atomic E-state index is 5.95. The molecular formula is C11H24N2S. The summed E-state index contributed by atoms with van der Waals surface area (Å²) in [4.78, 5) is 2.56. The Balaban J connectivity index is 2.41. The summed E-state index contributed by atoms with van der Waals surface area (Å²) < 4.78 is 0. The van der Waals surface area contributed by atoms with E-state index < -0.39 is 0 Å². The molecule has 0 radical (unpaired) electrons. The molecule has 0 heterocycles. The van der Waals surface area contributed by atoms with Gasteiger partial charge in [-0.25, -0.2) is 0 Å². The van der Waals surface area contributed by atoms with Crippen molar-refractivity contribution in [2.45, 2.75) is 50.7 Å². The third-order valence-corrected chi connectivity index (χ3v) is 4.15. The van der Waals surface area contributed by atoms with E-state index >= 15 is 0 Å². The topological polar surface area (TPSA) is 29.3 Å². The second kappa shape index (κ2) is 5.99. The van der Waals surface area contributed by atoms with Crippen LogP contribution in [0, 0.1) is 0 Å². The van der Waals surface area contributed by atoms with E-state index in [1.165, 1.54) is 31.4 Å². The van der Waals surface area contributed by atoms with E-state index in [2.05, 4.69) is 25.1 Å². The summed E-state index contributed by atoms with van der Waals surface area (Å²) in [5.74, 6) is 1.25. The first-order chi connectivity index (χ1) is 6.69. The minimum atomic E-state index is 0.453. The Hall–Kier alpha value is 0.270. The van der Waals surface area contributed by atoms with Gasteiger partial charge in [-0.1, -0.05) is 6.92 Å². The van der Waals surface area contributed by atoms with Gasteiger partial charge >= 0.3 is 0 Å². The van der Waals surface area contributed by atoms with Gasteiger partial charge in [-0.3, -0.25) is 4.90 Å². The lowest BCUT2D eigenvalue weighted by atomic mass is 10.1. The molecule has 0 amide bonds. The average molecular weight is 216 g/mol. The van der Waals surface area contributed by atoms with E-state index in [1.807, 2.05) is 11.8 Å². The largest absolute Gasteiger partial charge is 0.328 e. The monoisotopic (exact) mass is 216 g/mol. The van der Waals surface area contributed by atoms with Crippen LogP contribution in [0.15, 0.2) is 0 Å². The highest BCUT2D eigenvalue weighted by Gasteiger charge is 2.28. The molecule has 2 nitrogen and oxygen atoms in total. The molecular weight excluding hydrogens is 192 g/mol. The van der Waals surface area contributed by atoms with Crippen LogP contribution in [0.1, 0.15) is 32.6 Å². The van der Waals surface area contributed by atoms with Gasteiger partial charge in [0.2, 0.25) is 0 Å². The van der Waals surface area contributed by atoms with Crippen molar-refractivity contribution < 1.29 is 0 Å². The molecule has 0 saturated heterocycles. The molecule has 0 aliphatic heterocycles. The van der Waals surface area contributed by atoms with Crippen LogP contribution in [-0.4, -0.2) is 42.1 Å². The Kier molecular flexibility index (Phi) is 5.28. The first-order valence-corrected chi connectivity index (χ1v) is 7.04. The van der Waals surface area contributed by atoms with Gasteiger partial charge in [-0.15, -0.1) is 0 Å². The predicted molar refractivity (Wildman–Crippen MR) is 65.8 cm³/mol. The van der Waals surface area contributed by atoms with Crippen LogP contribution >= 0.6 is 11.8 Å². The molecule has 84 valence electrons. The molecule has 1 saturated carbocycles. The Morgan fingerprint density at radius 2 is 2.21 bits per heavy atom. The standard InChI is InChI=1S/C11H24N2S/c1-4-10(8-14-3)13(2)11-6-5-9(12)7-11/h9-11H,4-8,12H2,1-3H3. The molecule has 2 N–H and O–H groups in total. The fourth-order valence-corrected chi connectivity index (χ4v) is 3.23. The molecule has 0 spiro atoms. The Labute approximate surface area is 92.6 Å². The van der Waals surface area contributed by atoms with Crippen molar-refractivity contribution in [3.05, 3.63) is 0 Å². The van der Waals surface area contributed by atoms with Crippen LogP contribution in [0.2, 0.25) is 0 Å². The van der Waals surface area contributed by atoms with E-state index in [0.717, 1.165) is 12.1 Å². The van der Waals surface area contributed by atoms with Gasteiger partial charge in [0.05, 0.1) is 0 Å². The summed E-state index contributed by atoms with van der Waals surface area (Å²) in [5, 5.41) is 0. The van der Waals surface area contributed by atoms with Crippen molar-refractivity contribution in [1.82, 2.24) is 4.90 Å². The van der Waals surface area contributed by atoms with Crippen molar-refractivity contribution in [2.75, 3.05) is 19.1 Å². The van der Waals surface area contributed by atoms with Gasteiger partial charge in [0, 0.05) is 23.9 Å². The Morgan fingerprint density at radius 1 is 1.50 bits per heavy atom. The summed E-state index contributed by atoms with van der Waals surface area (Å²) in [5.41, 5.74) is 5.95. The van der Waals surface area contributed by atoms with E-state index in [-0.39, 0.29) is 0 Å². The highest BCUT2D eigenvalue weighted by Crippen LogP contribution is 2.24. The van der Waals surface area contributed by atoms with Gasteiger partial charge in [-0.05, 0) is 39.0 Å². The van der Waals surface area contributed by atoms with Crippen LogP contribution in [0.5, 0.6) is 0 Å². The number of nitrogens with two attached hydrogens (primary N) is 1. The van der Waals surface area contributed by atoms with Gasteiger partial charge in [0.1, 0.15) is 0 Å². The number of nitrogens with zero attached hydrogens (tertiary/aromatic N) is 1. The molecule has 1 rings (SSSR count). The van der Waals surface area contributed by atoms with Crippen LogP contribution < -0.4 is 5.73 Å². The first kappa shape index (κ1) is 12.3. The minimum Gasteiger partial charge on any atom is -0.328 e. The summed E-state index contributed by atoms with van der Waals surface area (Å²) >= 11 is 1.95. The van der Waals surface area contributed by atoms with E-state index in [0.29, 0.717) is 6.04 Å². The zero-order valence-corrected chi connectivity index (χ0v) is 10.5. The molecule has 3 unspecified atom stereocenters. The van der Waals surface area contributed by atoms with E-state index in [4.69, 9.17) is 5.73 Å². The molecule has 3 atom stereocenters. The molecule has 0 bridgehead atoms. The van der Waals surface area contributed by atoms with Crippen molar-refractivity contribution in [3.8, 4) is 0 Å². The molecule has 1 aliphatic carbocycles. The summed E-state index contributed by atoms with van der Waals surface area (Å²) in [6.45, 7) is 2.28. The van der Waals surface area contributed by atoms with Crippen LogP contribution in [-0.2, 0) is 0 Å². The molecule has 1 fully saturated rings. The Morgan fingerprint density at radius 3 is 2.64 bits per heavy atom. The molecule has 0 aromatic heterocycles. The third-order valence-electron chi connectivity index (χ3n) is 3.43. The van der Waals surface area contributed by atoms with Gasteiger partial charge in [0.25, 0.3) is 0 Å². The third kappa shape index (κ3) is 3.14. The first-order valence-electron chi connectivity index (χ1n) is 5.65. The Bertz CT molecular complexity index is 159. The fraction of sp³-hybridized carbons (Fsp3) is 1.00. The van der Waals surface area contributed by atoms with Crippen molar-refractivity contribution >= 4 is 11.8 Å². The van der Waals surface area contributed by atoms with Crippen LogP contribution in [0.3, 0.4) is 0 Å². The van der Waals surface area contributed by atoms with Gasteiger partial charge < -0.3 is 5.73 Å². The number of hydrogen-bond donors (Lipinski definition) is 1. The second-order valence-corrected chi connectivity index (χ2v) is 5.32. The highest BCUT2D eigenvalue weighted by molar-refractivity contribution is 7.98. The highest BCUT2D eigenvalue weighted by atomic mass is 32.2. The maximum absolute atomic E-state index is 5.95. The summed E-state index contributed by atoms with van der Waals surface area (Å²) in [6.07, 6.45) is 7.15. The summed E-state index contributed by atoms with van der Waals surface area (Å²) in [7, 11) is 2.27. The average Bonchev–Trinajstić information content (AvgIpc) is 2.60. The van der Waals surface area contributed by atoms with Crippen LogP contribution in [0.25, 0.3) is 0 Å². The lowest BCUT2D eigenvalue weighted by molar-refractivity contribution is 0.184.